The van der Waals surface area contributed by atoms with E-state index >= 15 is 0 Å². The lowest BCUT2D eigenvalue weighted by Crippen LogP contribution is -2.20. The van der Waals surface area contributed by atoms with E-state index < -0.39 is 0 Å². The first kappa shape index (κ1) is 11.3. The van der Waals surface area contributed by atoms with Crippen molar-refractivity contribution in [3.8, 4) is 0 Å². The zero-order valence-electron chi connectivity index (χ0n) is 7.77. The molecule has 11 heavy (non-hydrogen) atoms. The highest BCUT2D eigenvalue weighted by Crippen LogP contribution is 2.08. The van der Waals surface area contributed by atoms with Crippen molar-refractivity contribution >= 4 is 12.8 Å². The standard InChI is InChI=1S/C9H21NS/c1-3-5-7-9(10-11)8-6-4-2/h9-11H,3-8H2,1-2H3. The van der Waals surface area contributed by atoms with Crippen molar-refractivity contribution < 1.29 is 0 Å². The highest BCUT2D eigenvalue weighted by Gasteiger charge is 2.03. The largest absolute Gasteiger partial charge is 0.264 e. The van der Waals surface area contributed by atoms with E-state index in [0.29, 0.717) is 6.04 Å². The molecule has 0 saturated carbocycles. The molecule has 0 aliphatic heterocycles. The highest BCUT2D eigenvalue weighted by atomic mass is 32.1. The second-order valence-corrected chi connectivity index (χ2v) is 3.37. The lowest BCUT2D eigenvalue weighted by molar-refractivity contribution is 0.497. The molecule has 0 aliphatic carbocycles. The van der Waals surface area contributed by atoms with Gasteiger partial charge in [-0.3, -0.25) is 4.72 Å². The summed E-state index contributed by atoms with van der Waals surface area (Å²) in [5, 5.41) is 0. The molecule has 0 bridgehead atoms. The van der Waals surface area contributed by atoms with Gasteiger partial charge in [-0.2, -0.15) is 0 Å². The Hall–Kier alpha value is 0.310. The van der Waals surface area contributed by atoms with Crippen LogP contribution in [0.15, 0.2) is 0 Å². The Morgan fingerprint density at radius 3 is 1.82 bits per heavy atom. The summed E-state index contributed by atoms with van der Waals surface area (Å²) in [5.74, 6) is 0. The Morgan fingerprint density at radius 2 is 1.55 bits per heavy atom. The van der Waals surface area contributed by atoms with Crippen molar-refractivity contribution in [1.82, 2.24) is 4.72 Å². The SMILES string of the molecule is CCCCC(CCCC)NS. The Labute approximate surface area is 76.5 Å². The van der Waals surface area contributed by atoms with Crippen LogP contribution in [0.2, 0.25) is 0 Å². The summed E-state index contributed by atoms with van der Waals surface area (Å²) in [6.07, 6.45) is 7.78. The van der Waals surface area contributed by atoms with Crippen LogP contribution in [0.25, 0.3) is 0 Å². The molecule has 0 amide bonds. The van der Waals surface area contributed by atoms with Gasteiger partial charge >= 0.3 is 0 Å². The molecule has 1 nitrogen and oxygen atoms in total. The minimum Gasteiger partial charge on any atom is -0.264 e. The minimum absolute atomic E-state index is 0.637. The molecule has 0 spiro atoms. The smallest absolute Gasteiger partial charge is 0.0169 e. The second kappa shape index (κ2) is 8.41. The fourth-order valence-electron chi connectivity index (χ4n) is 1.17. The maximum Gasteiger partial charge on any atom is 0.0169 e. The molecule has 0 fully saturated rings. The Bertz CT molecular complexity index is 68.0. The highest BCUT2D eigenvalue weighted by molar-refractivity contribution is 7.78. The van der Waals surface area contributed by atoms with Gasteiger partial charge in [0.2, 0.25) is 0 Å². The summed E-state index contributed by atoms with van der Waals surface area (Å²) in [5.41, 5.74) is 0. The van der Waals surface area contributed by atoms with Gasteiger partial charge in [-0.1, -0.05) is 52.3 Å². The summed E-state index contributed by atoms with van der Waals surface area (Å²) in [4.78, 5) is 0. The molecular formula is C9H21NS. The van der Waals surface area contributed by atoms with Gasteiger partial charge in [0.1, 0.15) is 0 Å². The molecule has 1 N–H and O–H groups in total. The quantitative estimate of drug-likeness (QED) is 0.566. The molecule has 0 aliphatic rings. The zero-order chi connectivity index (χ0) is 8.53. The first-order valence-electron chi connectivity index (χ1n) is 4.74. The Morgan fingerprint density at radius 1 is 1.09 bits per heavy atom. The molecule has 0 rings (SSSR count). The van der Waals surface area contributed by atoms with E-state index in [4.69, 9.17) is 0 Å². The molecule has 0 saturated heterocycles. The molecule has 0 radical (unpaired) electrons. The van der Waals surface area contributed by atoms with Gasteiger partial charge < -0.3 is 0 Å². The number of nitrogens with one attached hydrogen (secondary N) is 1. The number of unbranched alkanes of at least 4 members (excludes halogenated alkanes) is 2. The average Bonchev–Trinajstić information content (AvgIpc) is 2.05. The Kier molecular flexibility index (Phi) is 8.64. The number of rotatable bonds is 7. The van der Waals surface area contributed by atoms with E-state index in [1.165, 1.54) is 38.5 Å². The molecule has 0 aromatic heterocycles. The molecule has 0 unspecified atom stereocenters. The van der Waals surface area contributed by atoms with Gasteiger partial charge in [0, 0.05) is 6.04 Å². The Balaban J connectivity index is 3.25. The predicted octanol–water partition coefficient (Wildman–Crippen LogP) is 3.17. The topological polar surface area (TPSA) is 12.0 Å². The second-order valence-electron chi connectivity index (χ2n) is 3.11. The maximum absolute atomic E-state index is 4.11. The van der Waals surface area contributed by atoms with Crippen LogP contribution >= 0.6 is 12.8 Å². The van der Waals surface area contributed by atoms with Gasteiger partial charge in [0.25, 0.3) is 0 Å². The van der Waals surface area contributed by atoms with E-state index in [1.807, 2.05) is 0 Å². The molecule has 2 heteroatoms. The van der Waals surface area contributed by atoms with Crippen LogP contribution in [0, 0.1) is 0 Å². The minimum atomic E-state index is 0.637. The fraction of sp³-hybridized carbons (Fsp3) is 1.00. The van der Waals surface area contributed by atoms with Crippen LogP contribution in [-0.4, -0.2) is 6.04 Å². The number of thiol groups is 1. The first-order chi connectivity index (χ1) is 5.35. The third-order valence-corrected chi connectivity index (χ3v) is 2.36. The van der Waals surface area contributed by atoms with Crippen molar-refractivity contribution in [3.05, 3.63) is 0 Å². The summed E-state index contributed by atoms with van der Waals surface area (Å²) in [7, 11) is 0. The lowest BCUT2D eigenvalue weighted by atomic mass is 10.1. The summed E-state index contributed by atoms with van der Waals surface area (Å²) >= 11 is 4.11. The molecule has 0 aromatic carbocycles. The van der Waals surface area contributed by atoms with Crippen molar-refractivity contribution in [3.63, 3.8) is 0 Å². The van der Waals surface area contributed by atoms with Gasteiger partial charge in [0.05, 0.1) is 0 Å². The number of hydrogen-bond donors (Lipinski definition) is 2. The fourth-order valence-corrected chi connectivity index (χ4v) is 1.43. The number of hydrogen-bond acceptors (Lipinski definition) is 2. The van der Waals surface area contributed by atoms with E-state index in [2.05, 4.69) is 31.4 Å². The van der Waals surface area contributed by atoms with E-state index in [1.54, 1.807) is 0 Å². The lowest BCUT2D eigenvalue weighted by Gasteiger charge is -2.13. The maximum atomic E-state index is 4.11. The molecule has 0 heterocycles. The molecule has 68 valence electrons. The van der Waals surface area contributed by atoms with Gasteiger partial charge in [-0.05, 0) is 12.8 Å². The molecule has 0 atom stereocenters. The van der Waals surface area contributed by atoms with Crippen LogP contribution in [0.5, 0.6) is 0 Å². The predicted molar refractivity (Wildman–Crippen MR) is 55.0 cm³/mol. The van der Waals surface area contributed by atoms with Crippen LogP contribution < -0.4 is 4.72 Å². The summed E-state index contributed by atoms with van der Waals surface area (Å²) in [6, 6.07) is 0.637. The van der Waals surface area contributed by atoms with E-state index in [9.17, 15) is 0 Å². The van der Waals surface area contributed by atoms with Crippen molar-refractivity contribution in [2.75, 3.05) is 0 Å². The monoisotopic (exact) mass is 175 g/mol. The van der Waals surface area contributed by atoms with Gasteiger partial charge in [-0.15, -0.1) is 0 Å². The summed E-state index contributed by atoms with van der Waals surface area (Å²) < 4.78 is 3.07. The van der Waals surface area contributed by atoms with Crippen molar-refractivity contribution in [1.29, 1.82) is 0 Å². The van der Waals surface area contributed by atoms with E-state index in [0.717, 1.165) is 0 Å². The third-order valence-electron chi connectivity index (χ3n) is 1.99. The van der Waals surface area contributed by atoms with Gasteiger partial charge in [-0.25, -0.2) is 0 Å². The summed E-state index contributed by atoms with van der Waals surface area (Å²) in [6.45, 7) is 4.46. The van der Waals surface area contributed by atoms with Crippen LogP contribution in [0.4, 0.5) is 0 Å². The average molecular weight is 175 g/mol. The first-order valence-corrected chi connectivity index (χ1v) is 5.19. The molecule has 0 aromatic rings. The van der Waals surface area contributed by atoms with Crippen molar-refractivity contribution in [2.45, 2.75) is 58.4 Å². The zero-order valence-corrected chi connectivity index (χ0v) is 8.66. The van der Waals surface area contributed by atoms with E-state index in [-0.39, 0.29) is 0 Å². The van der Waals surface area contributed by atoms with Crippen LogP contribution in [-0.2, 0) is 0 Å². The molecular weight excluding hydrogens is 154 g/mol. The van der Waals surface area contributed by atoms with Crippen molar-refractivity contribution in [2.24, 2.45) is 0 Å². The van der Waals surface area contributed by atoms with Crippen LogP contribution in [0.3, 0.4) is 0 Å². The normalized spacial score (nSPS) is 10.9. The van der Waals surface area contributed by atoms with Crippen LogP contribution in [0.1, 0.15) is 52.4 Å². The third kappa shape index (κ3) is 6.70. The van der Waals surface area contributed by atoms with Gasteiger partial charge in [0.15, 0.2) is 0 Å².